The van der Waals surface area contributed by atoms with Crippen LogP contribution in [0.15, 0.2) is 0 Å². The zero-order valence-electron chi connectivity index (χ0n) is 7.23. The van der Waals surface area contributed by atoms with Gasteiger partial charge in [0, 0.05) is 6.42 Å². The highest BCUT2D eigenvalue weighted by atomic mass is 19.1. The Bertz CT molecular complexity index is 166. The second-order valence-corrected chi connectivity index (χ2v) is 3.04. The topological polar surface area (TPSA) is 38.3 Å². The van der Waals surface area contributed by atoms with Crippen LogP contribution in [0.1, 0.15) is 19.3 Å². The highest BCUT2D eigenvalue weighted by Gasteiger charge is 2.41. The molecule has 0 saturated carbocycles. The molecule has 1 saturated heterocycles. The standard InChI is InChI=1S/C8H14FNO2/c1-12-7(11)8(4-5-9)3-2-6-10-8/h10H,2-6H2,1H3. The Hall–Kier alpha value is -0.640. The summed E-state index contributed by atoms with van der Waals surface area (Å²) in [6, 6.07) is 0. The van der Waals surface area contributed by atoms with Gasteiger partial charge in [0.1, 0.15) is 5.54 Å². The molecule has 70 valence electrons. The number of ether oxygens (including phenoxy) is 1. The lowest BCUT2D eigenvalue weighted by Crippen LogP contribution is -2.48. The van der Waals surface area contributed by atoms with Crippen molar-refractivity contribution in [1.82, 2.24) is 5.32 Å². The molecular formula is C8H14FNO2. The first-order valence-corrected chi connectivity index (χ1v) is 4.14. The van der Waals surface area contributed by atoms with Crippen molar-refractivity contribution < 1.29 is 13.9 Å². The van der Waals surface area contributed by atoms with Crippen LogP contribution in [-0.2, 0) is 9.53 Å². The number of hydrogen-bond donors (Lipinski definition) is 1. The van der Waals surface area contributed by atoms with Gasteiger partial charge in [-0.1, -0.05) is 0 Å². The molecule has 1 atom stereocenters. The second kappa shape index (κ2) is 3.85. The van der Waals surface area contributed by atoms with Crippen LogP contribution in [0.3, 0.4) is 0 Å². The van der Waals surface area contributed by atoms with Crippen molar-refractivity contribution in [2.75, 3.05) is 20.3 Å². The summed E-state index contributed by atoms with van der Waals surface area (Å²) in [5.74, 6) is -0.336. The van der Waals surface area contributed by atoms with Gasteiger partial charge in [0.25, 0.3) is 0 Å². The third kappa shape index (κ3) is 1.58. The van der Waals surface area contributed by atoms with Crippen LogP contribution in [0.25, 0.3) is 0 Å². The lowest BCUT2D eigenvalue weighted by atomic mass is 9.94. The first-order valence-electron chi connectivity index (χ1n) is 4.14. The Morgan fingerprint density at radius 1 is 1.75 bits per heavy atom. The number of carbonyl (C=O) groups is 1. The van der Waals surface area contributed by atoms with Crippen LogP contribution in [0.4, 0.5) is 4.39 Å². The molecule has 0 amide bonds. The molecule has 1 fully saturated rings. The normalized spacial score (nSPS) is 28.8. The van der Waals surface area contributed by atoms with Crippen LogP contribution in [-0.4, -0.2) is 31.8 Å². The van der Waals surface area contributed by atoms with Crippen LogP contribution in [0.2, 0.25) is 0 Å². The lowest BCUT2D eigenvalue weighted by Gasteiger charge is -2.24. The Kier molecular flexibility index (Phi) is 3.03. The molecule has 12 heavy (non-hydrogen) atoms. The molecule has 4 heteroatoms. The van der Waals surface area contributed by atoms with Crippen molar-refractivity contribution in [3.8, 4) is 0 Å². The zero-order valence-corrected chi connectivity index (χ0v) is 7.23. The Balaban J connectivity index is 2.64. The van der Waals surface area contributed by atoms with Crippen LogP contribution < -0.4 is 5.32 Å². The molecule has 0 aromatic rings. The molecule has 1 rings (SSSR count). The fourth-order valence-electron chi connectivity index (χ4n) is 1.65. The number of methoxy groups -OCH3 is 1. The van der Waals surface area contributed by atoms with Crippen molar-refractivity contribution in [2.24, 2.45) is 0 Å². The van der Waals surface area contributed by atoms with Gasteiger partial charge in [0.15, 0.2) is 0 Å². The molecule has 0 radical (unpaired) electrons. The maximum absolute atomic E-state index is 12.1. The molecular weight excluding hydrogens is 161 g/mol. The summed E-state index contributed by atoms with van der Waals surface area (Å²) in [6.07, 6.45) is 1.82. The van der Waals surface area contributed by atoms with Crippen LogP contribution in [0, 0.1) is 0 Å². The van der Waals surface area contributed by atoms with Gasteiger partial charge in [-0.05, 0) is 19.4 Å². The molecule has 0 spiro atoms. The van der Waals surface area contributed by atoms with E-state index in [1.165, 1.54) is 7.11 Å². The maximum atomic E-state index is 12.1. The molecule has 1 aliphatic rings. The van der Waals surface area contributed by atoms with Crippen molar-refractivity contribution in [3.05, 3.63) is 0 Å². The number of rotatable bonds is 3. The quantitative estimate of drug-likeness (QED) is 0.640. The largest absolute Gasteiger partial charge is 0.468 e. The Morgan fingerprint density at radius 2 is 2.50 bits per heavy atom. The van der Waals surface area contributed by atoms with Gasteiger partial charge in [-0.3, -0.25) is 9.18 Å². The fraction of sp³-hybridized carbons (Fsp3) is 0.875. The summed E-state index contributed by atoms with van der Waals surface area (Å²) in [4.78, 5) is 11.3. The third-order valence-corrected chi connectivity index (χ3v) is 2.34. The molecule has 0 bridgehead atoms. The van der Waals surface area contributed by atoms with Crippen molar-refractivity contribution in [3.63, 3.8) is 0 Å². The number of esters is 1. The summed E-state index contributed by atoms with van der Waals surface area (Å²) in [6.45, 7) is 0.289. The van der Waals surface area contributed by atoms with Gasteiger partial charge in [-0.15, -0.1) is 0 Å². The molecule has 1 unspecified atom stereocenters. The second-order valence-electron chi connectivity index (χ2n) is 3.04. The summed E-state index contributed by atoms with van der Waals surface area (Å²) in [7, 11) is 1.34. The first kappa shape index (κ1) is 9.45. The van der Waals surface area contributed by atoms with Gasteiger partial charge in [0.2, 0.25) is 0 Å². The van der Waals surface area contributed by atoms with E-state index in [-0.39, 0.29) is 12.4 Å². The SMILES string of the molecule is COC(=O)C1(CCF)CCCN1. The molecule has 1 heterocycles. The minimum absolute atomic E-state index is 0.222. The number of nitrogens with one attached hydrogen (secondary N) is 1. The van der Waals surface area contributed by atoms with E-state index in [0.717, 1.165) is 13.0 Å². The van der Waals surface area contributed by atoms with E-state index in [1.807, 2.05) is 0 Å². The molecule has 1 N–H and O–H groups in total. The molecule has 0 aromatic heterocycles. The van der Waals surface area contributed by atoms with Gasteiger partial charge in [0.05, 0.1) is 13.8 Å². The van der Waals surface area contributed by atoms with Gasteiger partial charge in [-0.2, -0.15) is 0 Å². The Labute approximate surface area is 71.3 Å². The number of halogens is 1. The highest BCUT2D eigenvalue weighted by molar-refractivity contribution is 5.81. The van der Waals surface area contributed by atoms with E-state index in [4.69, 9.17) is 0 Å². The van der Waals surface area contributed by atoms with Gasteiger partial charge in [-0.25, -0.2) is 0 Å². The predicted molar refractivity (Wildman–Crippen MR) is 42.6 cm³/mol. The molecule has 0 aliphatic carbocycles. The minimum atomic E-state index is -0.733. The van der Waals surface area contributed by atoms with E-state index in [9.17, 15) is 9.18 Å². The fourth-order valence-corrected chi connectivity index (χ4v) is 1.65. The van der Waals surface area contributed by atoms with E-state index in [0.29, 0.717) is 6.42 Å². The summed E-state index contributed by atoms with van der Waals surface area (Å²) in [5.41, 5.74) is -0.733. The van der Waals surface area contributed by atoms with Crippen molar-refractivity contribution >= 4 is 5.97 Å². The molecule has 1 aliphatic heterocycles. The van der Waals surface area contributed by atoms with Crippen molar-refractivity contribution in [1.29, 1.82) is 0 Å². The van der Waals surface area contributed by atoms with Gasteiger partial charge < -0.3 is 10.1 Å². The van der Waals surface area contributed by atoms with E-state index < -0.39 is 12.2 Å². The number of alkyl halides is 1. The highest BCUT2D eigenvalue weighted by Crippen LogP contribution is 2.24. The van der Waals surface area contributed by atoms with Gasteiger partial charge >= 0.3 is 5.97 Å². The summed E-state index contributed by atoms with van der Waals surface area (Å²) >= 11 is 0. The summed E-state index contributed by atoms with van der Waals surface area (Å²) < 4.78 is 16.8. The predicted octanol–water partition coefficient (Wildman–Crippen LogP) is 0.641. The third-order valence-electron chi connectivity index (χ3n) is 2.34. The van der Waals surface area contributed by atoms with Crippen LogP contribution >= 0.6 is 0 Å². The molecule has 0 aromatic carbocycles. The average molecular weight is 175 g/mol. The lowest BCUT2D eigenvalue weighted by molar-refractivity contribution is -0.148. The number of hydrogen-bond acceptors (Lipinski definition) is 3. The van der Waals surface area contributed by atoms with Crippen LogP contribution in [0.5, 0.6) is 0 Å². The zero-order chi connectivity index (χ0) is 9.03. The Morgan fingerprint density at radius 3 is 2.92 bits per heavy atom. The van der Waals surface area contributed by atoms with E-state index in [2.05, 4.69) is 10.1 Å². The van der Waals surface area contributed by atoms with E-state index in [1.54, 1.807) is 0 Å². The molecule has 3 nitrogen and oxygen atoms in total. The maximum Gasteiger partial charge on any atom is 0.326 e. The smallest absolute Gasteiger partial charge is 0.326 e. The average Bonchev–Trinajstić information content (AvgIpc) is 2.53. The minimum Gasteiger partial charge on any atom is -0.468 e. The first-order chi connectivity index (χ1) is 5.75. The monoisotopic (exact) mass is 175 g/mol. The van der Waals surface area contributed by atoms with Crippen molar-refractivity contribution in [2.45, 2.75) is 24.8 Å². The summed E-state index contributed by atoms with van der Waals surface area (Å²) in [5, 5.41) is 3.01. The van der Waals surface area contributed by atoms with E-state index >= 15 is 0 Å². The number of carbonyl (C=O) groups excluding carboxylic acids is 1.